The van der Waals surface area contributed by atoms with Crippen molar-refractivity contribution in [2.75, 3.05) is 5.32 Å². The number of rotatable bonds is 5. The van der Waals surface area contributed by atoms with Crippen molar-refractivity contribution in [1.29, 1.82) is 0 Å². The maximum atomic E-state index is 4.00. The van der Waals surface area contributed by atoms with Gasteiger partial charge in [-0.05, 0) is 36.5 Å². The maximum Gasteiger partial charge on any atom is 0.0428 e. The van der Waals surface area contributed by atoms with Crippen LogP contribution in [0.25, 0.3) is 0 Å². The van der Waals surface area contributed by atoms with E-state index in [1.807, 2.05) is 0 Å². The Morgan fingerprint density at radius 1 is 1.44 bits per heavy atom. The Bertz CT molecular complexity index is 371. The van der Waals surface area contributed by atoms with E-state index >= 15 is 0 Å². The Balaban J connectivity index is 3.07. The van der Waals surface area contributed by atoms with Crippen molar-refractivity contribution in [3.05, 3.63) is 40.5 Å². The molecule has 1 N–H and O–H groups in total. The first-order valence-electron chi connectivity index (χ1n) is 5.83. The molecule has 0 radical (unpaired) electrons. The van der Waals surface area contributed by atoms with Crippen molar-refractivity contribution >= 4 is 21.6 Å². The average Bonchev–Trinajstić information content (AvgIpc) is 2.28. The average molecular weight is 282 g/mol. The molecule has 0 spiro atoms. The number of anilines is 1. The molecule has 0 aliphatic rings. The predicted molar refractivity (Wildman–Crippen MR) is 75.9 cm³/mol. The third-order valence-corrected chi connectivity index (χ3v) is 3.59. The summed E-state index contributed by atoms with van der Waals surface area (Å²) in [5, 5.41) is 3.39. The van der Waals surface area contributed by atoms with E-state index in [9.17, 15) is 0 Å². The van der Waals surface area contributed by atoms with Crippen LogP contribution in [-0.2, 0) is 0 Å². The molecule has 0 aliphatic carbocycles. The van der Waals surface area contributed by atoms with E-state index < -0.39 is 0 Å². The fourth-order valence-corrected chi connectivity index (χ4v) is 2.39. The van der Waals surface area contributed by atoms with Crippen molar-refractivity contribution < 1.29 is 0 Å². The smallest absolute Gasteiger partial charge is 0.0428 e. The molecule has 1 unspecified atom stereocenters. The fraction of sp³-hybridized carbons (Fsp3) is 0.429. The van der Waals surface area contributed by atoms with Crippen LogP contribution in [-0.4, -0.2) is 0 Å². The Morgan fingerprint density at radius 2 is 2.12 bits per heavy atom. The molecule has 88 valence electrons. The summed E-state index contributed by atoms with van der Waals surface area (Å²) in [6.45, 7) is 10.6. The van der Waals surface area contributed by atoms with Crippen molar-refractivity contribution in [2.45, 2.75) is 39.5 Å². The van der Waals surface area contributed by atoms with Crippen molar-refractivity contribution in [3.63, 3.8) is 0 Å². The summed E-state index contributed by atoms with van der Waals surface area (Å²) >= 11 is 3.63. The minimum Gasteiger partial charge on any atom is -0.359 e. The van der Waals surface area contributed by atoms with E-state index in [4.69, 9.17) is 0 Å². The largest absolute Gasteiger partial charge is 0.359 e. The Kier molecular flexibility index (Phi) is 5.07. The monoisotopic (exact) mass is 281 g/mol. The summed E-state index contributed by atoms with van der Waals surface area (Å²) in [4.78, 5) is 0. The normalized spacial score (nSPS) is 12.2. The van der Waals surface area contributed by atoms with Gasteiger partial charge in [0.05, 0.1) is 0 Å². The van der Waals surface area contributed by atoms with Crippen LogP contribution in [0.5, 0.6) is 0 Å². The molecule has 1 rings (SSSR count). The molecule has 0 saturated carbocycles. The standard InChI is InChI=1S/C14H20BrN/c1-5-10(3)14-12(15)8-7-9-13(14)16-11(4)6-2/h7-10,16H,4-6H2,1-3H3. The van der Waals surface area contributed by atoms with Gasteiger partial charge in [-0.15, -0.1) is 0 Å². The second-order valence-corrected chi connectivity index (χ2v) is 4.95. The highest BCUT2D eigenvalue weighted by atomic mass is 79.9. The molecule has 1 aromatic carbocycles. The van der Waals surface area contributed by atoms with Crippen molar-refractivity contribution in [2.24, 2.45) is 0 Å². The summed E-state index contributed by atoms with van der Waals surface area (Å²) in [5.74, 6) is 0.544. The molecule has 1 nitrogen and oxygen atoms in total. The van der Waals surface area contributed by atoms with E-state index in [-0.39, 0.29) is 0 Å². The second kappa shape index (κ2) is 6.09. The van der Waals surface area contributed by atoms with Gasteiger partial charge in [0.1, 0.15) is 0 Å². The summed E-state index contributed by atoms with van der Waals surface area (Å²) in [6.07, 6.45) is 2.09. The van der Waals surface area contributed by atoms with Crippen LogP contribution in [0.2, 0.25) is 0 Å². The minimum absolute atomic E-state index is 0.544. The quantitative estimate of drug-likeness (QED) is 0.772. The SMILES string of the molecule is C=C(CC)Nc1cccc(Br)c1C(C)CC. The first-order chi connectivity index (χ1) is 7.60. The van der Waals surface area contributed by atoms with Gasteiger partial charge in [0.15, 0.2) is 0 Å². The van der Waals surface area contributed by atoms with Crippen molar-refractivity contribution in [3.8, 4) is 0 Å². The molecule has 0 bridgehead atoms. The van der Waals surface area contributed by atoms with Gasteiger partial charge in [-0.1, -0.05) is 49.3 Å². The Labute approximate surface area is 107 Å². The van der Waals surface area contributed by atoms with E-state index in [1.54, 1.807) is 0 Å². The molecule has 0 aromatic heterocycles. The van der Waals surface area contributed by atoms with Gasteiger partial charge in [-0.2, -0.15) is 0 Å². The zero-order valence-electron chi connectivity index (χ0n) is 10.3. The van der Waals surface area contributed by atoms with Gasteiger partial charge in [0, 0.05) is 15.9 Å². The van der Waals surface area contributed by atoms with Gasteiger partial charge < -0.3 is 5.32 Å². The topological polar surface area (TPSA) is 12.0 Å². The van der Waals surface area contributed by atoms with Crippen LogP contribution >= 0.6 is 15.9 Å². The van der Waals surface area contributed by atoms with Gasteiger partial charge in [-0.25, -0.2) is 0 Å². The van der Waals surface area contributed by atoms with Gasteiger partial charge in [0.2, 0.25) is 0 Å². The van der Waals surface area contributed by atoms with Crippen LogP contribution < -0.4 is 5.32 Å². The first-order valence-corrected chi connectivity index (χ1v) is 6.62. The number of allylic oxidation sites excluding steroid dienone is 1. The van der Waals surface area contributed by atoms with Crippen LogP contribution in [0.3, 0.4) is 0 Å². The van der Waals surface area contributed by atoms with E-state index in [1.165, 1.54) is 15.7 Å². The molecule has 0 saturated heterocycles. The van der Waals surface area contributed by atoms with Gasteiger partial charge in [-0.3, -0.25) is 0 Å². The molecule has 0 amide bonds. The van der Waals surface area contributed by atoms with Crippen molar-refractivity contribution in [1.82, 2.24) is 0 Å². The minimum atomic E-state index is 0.544. The Morgan fingerprint density at radius 3 is 2.69 bits per heavy atom. The molecular formula is C14H20BrN. The van der Waals surface area contributed by atoms with Gasteiger partial charge >= 0.3 is 0 Å². The van der Waals surface area contributed by atoms with E-state index in [0.29, 0.717) is 5.92 Å². The zero-order valence-corrected chi connectivity index (χ0v) is 11.9. The van der Waals surface area contributed by atoms with Crippen LogP contribution in [0.4, 0.5) is 5.69 Å². The van der Waals surface area contributed by atoms with Crippen LogP contribution in [0.15, 0.2) is 34.9 Å². The molecule has 2 heteroatoms. The maximum absolute atomic E-state index is 4.00. The molecule has 0 heterocycles. The summed E-state index contributed by atoms with van der Waals surface area (Å²) in [5.41, 5.74) is 3.58. The highest BCUT2D eigenvalue weighted by Gasteiger charge is 2.12. The predicted octanol–water partition coefficient (Wildman–Crippen LogP) is 5.30. The number of nitrogens with one attached hydrogen (secondary N) is 1. The zero-order chi connectivity index (χ0) is 12.1. The Hall–Kier alpha value is -0.760. The molecular weight excluding hydrogens is 262 g/mol. The number of halogens is 1. The third kappa shape index (κ3) is 3.11. The highest BCUT2D eigenvalue weighted by Crippen LogP contribution is 2.34. The lowest BCUT2D eigenvalue weighted by Gasteiger charge is -2.18. The molecule has 1 atom stereocenters. The third-order valence-electron chi connectivity index (χ3n) is 2.90. The van der Waals surface area contributed by atoms with Crippen LogP contribution in [0.1, 0.15) is 45.1 Å². The highest BCUT2D eigenvalue weighted by molar-refractivity contribution is 9.10. The van der Waals surface area contributed by atoms with E-state index in [2.05, 4.69) is 66.8 Å². The summed E-state index contributed by atoms with van der Waals surface area (Å²) < 4.78 is 1.18. The van der Waals surface area contributed by atoms with Gasteiger partial charge in [0.25, 0.3) is 0 Å². The fourth-order valence-electron chi connectivity index (χ4n) is 1.63. The molecule has 0 aliphatic heterocycles. The molecule has 0 fully saturated rings. The first kappa shape index (κ1) is 13.3. The molecule has 16 heavy (non-hydrogen) atoms. The summed E-state index contributed by atoms with van der Waals surface area (Å²) in [7, 11) is 0. The summed E-state index contributed by atoms with van der Waals surface area (Å²) in [6, 6.07) is 6.27. The lowest BCUT2D eigenvalue weighted by Crippen LogP contribution is -2.03. The second-order valence-electron chi connectivity index (χ2n) is 4.09. The number of hydrogen-bond acceptors (Lipinski definition) is 1. The number of hydrogen-bond donors (Lipinski definition) is 1. The number of benzene rings is 1. The molecule has 1 aromatic rings. The lowest BCUT2D eigenvalue weighted by atomic mass is 9.96. The van der Waals surface area contributed by atoms with E-state index in [0.717, 1.165) is 18.5 Å². The van der Waals surface area contributed by atoms with Crippen LogP contribution in [0, 0.1) is 0 Å². The lowest BCUT2D eigenvalue weighted by molar-refractivity contribution is 0.731.